The van der Waals surface area contributed by atoms with Gasteiger partial charge in [-0.3, -0.25) is 9.59 Å². The normalized spacial score (nSPS) is 27.5. The Bertz CT molecular complexity index is 978. The van der Waals surface area contributed by atoms with Crippen molar-refractivity contribution in [1.29, 1.82) is 0 Å². The SMILES string of the molecule is Cc1ccc(N2C(=O)[C@@H]3[C@@H](c4ccc(Cl)cc4)N4CCCN4[C@H]3C2=O)cc1Cl. The van der Waals surface area contributed by atoms with Crippen molar-refractivity contribution in [2.75, 3.05) is 18.0 Å². The van der Waals surface area contributed by atoms with E-state index in [1.807, 2.05) is 37.3 Å². The van der Waals surface area contributed by atoms with Gasteiger partial charge in [-0.1, -0.05) is 41.4 Å². The van der Waals surface area contributed by atoms with Gasteiger partial charge >= 0.3 is 0 Å². The fourth-order valence-electron chi connectivity index (χ4n) is 4.75. The van der Waals surface area contributed by atoms with Crippen molar-refractivity contribution >= 4 is 40.7 Å². The predicted molar refractivity (Wildman–Crippen MR) is 108 cm³/mol. The second-order valence-electron chi connectivity index (χ2n) is 7.59. The number of rotatable bonds is 2. The molecule has 7 heteroatoms. The molecule has 3 aliphatic rings. The Balaban J connectivity index is 1.58. The van der Waals surface area contributed by atoms with Crippen LogP contribution in [0.1, 0.15) is 23.6 Å². The van der Waals surface area contributed by atoms with E-state index in [9.17, 15) is 9.59 Å². The van der Waals surface area contributed by atoms with Crippen LogP contribution < -0.4 is 4.90 Å². The first-order valence-electron chi connectivity index (χ1n) is 9.40. The first-order valence-corrected chi connectivity index (χ1v) is 10.2. The first kappa shape index (κ1) is 18.1. The second kappa shape index (κ2) is 6.56. The molecule has 2 aromatic rings. The average molecular weight is 416 g/mol. The average Bonchev–Trinajstić information content (AvgIpc) is 3.31. The Labute approximate surface area is 173 Å². The number of imide groups is 1. The van der Waals surface area contributed by atoms with Gasteiger partial charge in [-0.15, -0.1) is 0 Å². The Morgan fingerprint density at radius 3 is 2.25 bits per heavy atom. The molecule has 3 fully saturated rings. The summed E-state index contributed by atoms with van der Waals surface area (Å²) in [6, 6.07) is 12.3. The molecule has 2 aromatic carbocycles. The monoisotopic (exact) mass is 415 g/mol. The van der Waals surface area contributed by atoms with Crippen LogP contribution in [0.2, 0.25) is 10.0 Å². The van der Waals surface area contributed by atoms with Crippen molar-refractivity contribution in [3.05, 3.63) is 63.6 Å². The molecule has 0 aliphatic carbocycles. The molecule has 5 rings (SSSR count). The second-order valence-corrected chi connectivity index (χ2v) is 8.44. The minimum Gasteiger partial charge on any atom is -0.274 e. The largest absolute Gasteiger partial charge is 0.274 e. The molecule has 0 saturated carbocycles. The first-order chi connectivity index (χ1) is 13.5. The number of anilines is 1. The molecule has 0 radical (unpaired) electrons. The molecule has 3 atom stereocenters. The number of hydrogen-bond acceptors (Lipinski definition) is 4. The maximum Gasteiger partial charge on any atom is 0.253 e. The van der Waals surface area contributed by atoms with Crippen molar-refractivity contribution < 1.29 is 9.59 Å². The Morgan fingerprint density at radius 1 is 0.893 bits per heavy atom. The molecule has 2 amide bonds. The number of hydrazine groups is 1. The topological polar surface area (TPSA) is 43.9 Å². The summed E-state index contributed by atoms with van der Waals surface area (Å²) in [5.41, 5.74) is 2.46. The summed E-state index contributed by atoms with van der Waals surface area (Å²) in [6.07, 6.45) is 0.977. The number of nitrogens with zero attached hydrogens (tertiary/aromatic N) is 3. The zero-order chi connectivity index (χ0) is 19.6. The highest BCUT2D eigenvalue weighted by Gasteiger charge is 2.62. The number of hydrogen-bond donors (Lipinski definition) is 0. The van der Waals surface area contributed by atoms with E-state index >= 15 is 0 Å². The number of halogens is 2. The van der Waals surface area contributed by atoms with Gasteiger partial charge in [0, 0.05) is 23.1 Å². The van der Waals surface area contributed by atoms with E-state index in [-0.39, 0.29) is 17.9 Å². The fourth-order valence-corrected chi connectivity index (χ4v) is 5.05. The van der Waals surface area contributed by atoms with Gasteiger partial charge in [0.2, 0.25) is 5.91 Å². The molecule has 3 saturated heterocycles. The van der Waals surface area contributed by atoms with E-state index < -0.39 is 12.0 Å². The van der Waals surface area contributed by atoms with Gasteiger partial charge in [0.1, 0.15) is 6.04 Å². The number of carbonyl (C=O) groups is 2. The minimum absolute atomic E-state index is 0.160. The number of fused-ring (bicyclic) bond motifs is 3. The van der Waals surface area contributed by atoms with Gasteiger partial charge in [0.15, 0.2) is 0 Å². The molecule has 0 N–H and O–H groups in total. The van der Waals surface area contributed by atoms with Crippen LogP contribution in [0.3, 0.4) is 0 Å². The highest BCUT2D eigenvalue weighted by molar-refractivity contribution is 6.32. The van der Waals surface area contributed by atoms with Crippen LogP contribution in [0.4, 0.5) is 5.69 Å². The summed E-state index contributed by atoms with van der Waals surface area (Å²) in [4.78, 5) is 28.1. The van der Waals surface area contributed by atoms with Crippen LogP contribution in [0.25, 0.3) is 0 Å². The fraction of sp³-hybridized carbons (Fsp3) is 0.333. The quantitative estimate of drug-likeness (QED) is 0.698. The zero-order valence-electron chi connectivity index (χ0n) is 15.3. The number of amides is 2. The van der Waals surface area contributed by atoms with Gasteiger partial charge in [-0.05, 0) is 48.7 Å². The highest BCUT2D eigenvalue weighted by atomic mass is 35.5. The van der Waals surface area contributed by atoms with E-state index in [0.29, 0.717) is 15.7 Å². The molecule has 0 aromatic heterocycles. The number of benzene rings is 2. The van der Waals surface area contributed by atoms with Crippen LogP contribution >= 0.6 is 23.2 Å². The third-order valence-corrected chi connectivity index (χ3v) is 6.69. The number of aryl methyl sites for hydroxylation is 1. The third kappa shape index (κ3) is 2.54. The van der Waals surface area contributed by atoms with E-state index in [4.69, 9.17) is 23.2 Å². The lowest BCUT2D eigenvalue weighted by atomic mass is 9.90. The number of carbonyl (C=O) groups excluding carboxylic acids is 2. The molecular formula is C21H19Cl2N3O2. The molecule has 5 nitrogen and oxygen atoms in total. The van der Waals surface area contributed by atoms with Crippen molar-refractivity contribution in [2.45, 2.75) is 25.4 Å². The zero-order valence-corrected chi connectivity index (χ0v) is 16.8. The maximum absolute atomic E-state index is 13.5. The van der Waals surface area contributed by atoms with E-state index in [1.165, 1.54) is 4.90 Å². The Morgan fingerprint density at radius 2 is 1.57 bits per heavy atom. The van der Waals surface area contributed by atoms with Crippen LogP contribution in [-0.4, -0.2) is 41.0 Å². The summed E-state index contributed by atoms with van der Waals surface area (Å²) in [5, 5.41) is 5.47. The molecule has 144 valence electrons. The molecule has 3 heterocycles. The van der Waals surface area contributed by atoms with Crippen molar-refractivity contribution in [3.63, 3.8) is 0 Å². The standard InChI is InChI=1S/C21H19Cl2N3O2/c1-12-3-8-15(11-16(12)23)26-20(27)17-18(13-4-6-14(22)7-5-13)24-9-2-10-25(24)19(17)21(26)28/h3-8,11,17-19H,2,9-10H2,1H3/t17-,18-,19-/m1/s1. The van der Waals surface area contributed by atoms with Gasteiger partial charge in [0.25, 0.3) is 5.91 Å². The van der Waals surface area contributed by atoms with Crippen molar-refractivity contribution in [2.24, 2.45) is 5.92 Å². The van der Waals surface area contributed by atoms with Crippen LogP contribution in [0.15, 0.2) is 42.5 Å². The summed E-state index contributed by atoms with van der Waals surface area (Å²) in [7, 11) is 0. The Kier molecular flexibility index (Phi) is 4.25. The lowest BCUT2D eigenvalue weighted by Gasteiger charge is -2.29. The van der Waals surface area contributed by atoms with E-state index in [1.54, 1.807) is 12.1 Å². The predicted octanol–water partition coefficient (Wildman–Crippen LogP) is 3.84. The lowest BCUT2D eigenvalue weighted by Crippen LogP contribution is -2.44. The summed E-state index contributed by atoms with van der Waals surface area (Å²) in [6.45, 7) is 3.52. The van der Waals surface area contributed by atoms with Crippen molar-refractivity contribution in [1.82, 2.24) is 10.0 Å². The molecular weight excluding hydrogens is 397 g/mol. The molecule has 0 unspecified atom stereocenters. The molecule has 28 heavy (non-hydrogen) atoms. The smallest absolute Gasteiger partial charge is 0.253 e. The Hall–Kier alpha value is -1.92. The van der Waals surface area contributed by atoms with Gasteiger partial charge in [-0.25, -0.2) is 14.9 Å². The lowest BCUT2D eigenvalue weighted by molar-refractivity contribution is -0.126. The van der Waals surface area contributed by atoms with Crippen LogP contribution in [-0.2, 0) is 9.59 Å². The van der Waals surface area contributed by atoms with Gasteiger partial charge in [-0.2, -0.15) is 0 Å². The van der Waals surface area contributed by atoms with Gasteiger partial charge in [0.05, 0.1) is 17.6 Å². The van der Waals surface area contributed by atoms with Crippen LogP contribution in [0.5, 0.6) is 0 Å². The molecule has 0 spiro atoms. The summed E-state index contributed by atoms with van der Waals surface area (Å²) in [5.74, 6) is -0.767. The summed E-state index contributed by atoms with van der Waals surface area (Å²) < 4.78 is 0. The van der Waals surface area contributed by atoms with Crippen molar-refractivity contribution in [3.8, 4) is 0 Å². The highest BCUT2D eigenvalue weighted by Crippen LogP contribution is 2.49. The van der Waals surface area contributed by atoms with E-state index in [2.05, 4.69) is 10.0 Å². The molecule has 3 aliphatic heterocycles. The minimum atomic E-state index is -0.462. The summed E-state index contributed by atoms with van der Waals surface area (Å²) >= 11 is 12.3. The third-order valence-electron chi connectivity index (χ3n) is 6.03. The van der Waals surface area contributed by atoms with Gasteiger partial charge < -0.3 is 0 Å². The maximum atomic E-state index is 13.5. The molecule has 0 bridgehead atoms. The van der Waals surface area contributed by atoms with Crippen LogP contribution in [0, 0.1) is 12.8 Å². The van der Waals surface area contributed by atoms with E-state index in [0.717, 1.165) is 30.6 Å².